The molecule has 6 aromatic rings. The minimum atomic E-state index is 0. The summed E-state index contributed by atoms with van der Waals surface area (Å²) in [5.74, 6) is 0. The van der Waals surface area contributed by atoms with Crippen molar-refractivity contribution in [2.75, 3.05) is 0 Å². The molecule has 228 valence electrons. The Morgan fingerprint density at radius 3 is 0.119 bits per heavy atom. The molecule has 0 fully saturated rings. The van der Waals surface area contributed by atoms with Crippen molar-refractivity contribution in [2.45, 2.75) is 0 Å². The molecule has 0 spiro atoms. The molecule has 6 heteroatoms. The van der Waals surface area contributed by atoms with E-state index in [-0.39, 0.29) is 102 Å². The SMILES string of the molecule is Br.Br.Br.Br.Br.Br.c1ccccc1.c1ccccc1.c1ccccc1.c1ccccc1.c1ccccc1.c1ccccc1. The van der Waals surface area contributed by atoms with Crippen molar-refractivity contribution in [2.24, 2.45) is 0 Å². The fourth-order valence-corrected chi connectivity index (χ4v) is 2.31. The molecule has 0 aliphatic carbocycles. The van der Waals surface area contributed by atoms with Gasteiger partial charge in [0.1, 0.15) is 0 Å². The Morgan fingerprint density at radius 2 is 0.0952 bits per heavy atom. The van der Waals surface area contributed by atoms with Crippen LogP contribution >= 0.6 is 102 Å². The Bertz CT molecular complexity index is 701. The molecule has 0 aliphatic heterocycles. The molecule has 0 N–H and O–H groups in total. The van der Waals surface area contributed by atoms with Crippen molar-refractivity contribution < 1.29 is 0 Å². The zero-order chi connectivity index (χ0) is 25.5. The number of halogens is 6. The molecule has 6 rings (SSSR count). The fourth-order valence-electron chi connectivity index (χ4n) is 2.31. The highest BCUT2D eigenvalue weighted by Crippen LogP contribution is 1.82. The first-order chi connectivity index (χ1) is 18.0. The zero-order valence-corrected chi connectivity index (χ0v) is 33.5. The molecule has 6 aromatic carbocycles. The molecule has 0 bridgehead atoms. The first kappa shape index (κ1) is 52.8. The van der Waals surface area contributed by atoms with E-state index < -0.39 is 0 Å². The molecule has 0 amide bonds. The van der Waals surface area contributed by atoms with Crippen molar-refractivity contribution in [1.82, 2.24) is 0 Å². The van der Waals surface area contributed by atoms with E-state index in [2.05, 4.69) is 0 Å². The molecule has 0 atom stereocenters. The van der Waals surface area contributed by atoms with E-state index in [1.54, 1.807) is 0 Å². The standard InChI is InChI=1S/6C6H6.6BrH/c6*1-2-4-6-5-3-1;;;;;;/h6*1-6H;6*1H. The number of hydrogen-bond donors (Lipinski definition) is 0. The van der Waals surface area contributed by atoms with Crippen LogP contribution < -0.4 is 0 Å². The minimum Gasteiger partial charge on any atom is -0.114 e. The molecule has 0 aromatic heterocycles. The molecular formula is C36H42Br6. The second-order valence-electron chi connectivity index (χ2n) is 6.93. The van der Waals surface area contributed by atoms with Crippen molar-refractivity contribution in [1.29, 1.82) is 0 Å². The largest absolute Gasteiger partial charge is 0.114 e. The first-order valence-electron chi connectivity index (χ1n) is 12.0. The molecule has 0 saturated heterocycles. The minimum absolute atomic E-state index is 0. The quantitative estimate of drug-likeness (QED) is 0.142. The Kier molecular flexibility index (Phi) is 61.5. The number of benzene rings is 6. The lowest BCUT2D eigenvalue weighted by molar-refractivity contribution is 1.72. The van der Waals surface area contributed by atoms with E-state index in [1.807, 2.05) is 218 Å². The molecule has 0 saturated carbocycles. The molecule has 0 unspecified atom stereocenters. The van der Waals surface area contributed by atoms with Gasteiger partial charge in [-0.05, 0) is 0 Å². The van der Waals surface area contributed by atoms with Crippen LogP contribution in [0.15, 0.2) is 218 Å². The molecule has 0 heterocycles. The highest BCUT2D eigenvalue weighted by Gasteiger charge is 1.60. The van der Waals surface area contributed by atoms with E-state index in [4.69, 9.17) is 0 Å². The predicted molar refractivity (Wildman–Crippen MR) is 221 cm³/mol. The smallest absolute Gasteiger partial charge is 0.0623 e. The van der Waals surface area contributed by atoms with Gasteiger partial charge < -0.3 is 0 Å². The monoisotopic (exact) mass is 948 g/mol. The van der Waals surface area contributed by atoms with Gasteiger partial charge in [-0.3, -0.25) is 0 Å². The second kappa shape index (κ2) is 48.9. The third-order valence-electron chi connectivity index (χ3n) is 4.00. The van der Waals surface area contributed by atoms with Gasteiger partial charge in [-0.25, -0.2) is 0 Å². The van der Waals surface area contributed by atoms with E-state index in [1.165, 1.54) is 0 Å². The van der Waals surface area contributed by atoms with Crippen molar-refractivity contribution in [3.63, 3.8) is 0 Å². The van der Waals surface area contributed by atoms with Crippen LogP contribution in [0.5, 0.6) is 0 Å². The normalized spacial score (nSPS) is 6.86. The summed E-state index contributed by atoms with van der Waals surface area (Å²) in [6.07, 6.45) is 0. The van der Waals surface area contributed by atoms with Crippen LogP contribution in [0, 0.1) is 0 Å². The molecule has 0 radical (unpaired) electrons. The summed E-state index contributed by atoms with van der Waals surface area (Å²) in [7, 11) is 0. The van der Waals surface area contributed by atoms with Crippen molar-refractivity contribution >= 4 is 102 Å². The topological polar surface area (TPSA) is 0 Å². The Labute approximate surface area is 317 Å². The number of hydrogen-bond acceptors (Lipinski definition) is 0. The summed E-state index contributed by atoms with van der Waals surface area (Å²) >= 11 is 0. The van der Waals surface area contributed by atoms with E-state index in [0.717, 1.165) is 0 Å². The summed E-state index contributed by atoms with van der Waals surface area (Å²) in [6.45, 7) is 0. The lowest BCUT2D eigenvalue weighted by atomic mass is 10.4. The first-order valence-corrected chi connectivity index (χ1v) is 12.0. The van der Waals surface area contributed by atoms with Gasteiger partial charge in [-0.15, -0.1) is 102 Å². The third kappa shape index (κ3) is 45.2. The maximum atomic E-state index is 2.00. The Hall–Kier alpha value is -1.80. The van der Waals surface area contributed by atoms with Crippen LogP contribution in [0.25, 0.3) is 0 Å². The Morgan fingerprint density at radius 1 is 0.0714 bits per heavy atom. The van der Waals surface area contributed by atoms with Gasteiger partial charge in [0.25, 0.3) is 0 Å². The molecule has 42 heavy (non-hydrogen) atoms. The van der Waals surface area contributed by atoms with Gasteiger partial charge in [0, 0.05) is 0 Å². The van der Waals surface area contributed by atoms with Crippen LogP contribution in [0.2, 0.25) is 0 Å². The van der Waals surface area contributed by atoms with Crippen LogP contribution in [-0.2, 0) is 0 Å². The zero-order valence-electron chi connectivity index (χ0n) is 23.2. The summed E-state index contributed by atoms with van der Waals surface area (Å²) in [5, 5.41) is 0. The van der Waals surface area contributed by atoms with Gasteiger partial charge in [0.2, 0.25) is 0 Å². The van der Waals surface area contributed by atoms with E-state index >= 15 is 0 Å². The van der Waals surface area contributed by atoms with Gasteiger partial charge in [0.05, 0.1) is 0 Å². The molecule has 0 aliphatic rings. The summed E-state index contributed by atoms with van der Waals surface area (Å²) in [6, 6.07) is 72.0. The van der Waals surface area contributed by atoms with Crippen LogP contribution in [0.3, 0.4) is 0 Å². The average Bonchev–Trinajstić information content (AvgIpc) is 3.04. The highest BCUT2D eigenvalue weighted by atomic mass is 79.9. The van der Waals surface area contributed by atoms with Crippen LogP contribution in [0.4, 0.5) is 0 Å². The van der Waals surface area contributed by atoms with E-state index in [0.29, 0.717) is 0 Å². The Balaban J connectivity index is -0.0000000900. The van der Waals surface area contributed by atoms with Gasteiger partial charge in [0.15, 0.2) is 0 Å². The maximum absolute atomic E-state index is 2.00. The summed E-state index contributed by atoms with van der Waals surface area (Å²) in [5.41, 5.74) is 0. The lowest BCUT2D eigenvalue weighted by Gasteiger charge is -1.69. The highest BCUT2D eigenvalue weighted by molar-refractivity contribution is 8.93. The third-order valence-corrected chi connectivity index (χ3v) is 4.00. The number of rotatable bonds is 0. The summed E-state index contributed by atoms with van der Waals surface area (Å²) < 4.78 is 0. The maximum Gasteiger partial charge on any atom is -0.0623 e. The summed E-state index contributed by atoms with van der Waals surface area (Å²) in [4.78, 5) is 0. The average molecular weight is 954 g/mol. The van der Waals surface area contributed by atoms with Crippen molar-refractivity contribution in [3.05, 3.63) is 218 Å². The van der Waals surface area contributed by atoms with Gasteiger partial charge in [-0.1, -0.05) is 218 Å². The van der Waals surface area contributed by atoms with Gasteiger partial charge >= 0.3 is 0 Å². The molecule has 0 nitrogen and oxygen atoms in total. The second-order valence-corrected chi connectivity index (χ2v) is 6.93. The van der Waals surface area contributed by atoms with Gasteiger partial charge in [-0.2, -0.15) is 0 Å². The van der Waals surface area contributed by atoms with Crippen LogP contribution in [-0.4, -0.2) is 0 Å². The van der Waals surface area contributed by atoms with E-state index in [9.17, 15) is 0 Å². The molecular weight excluding hydrogens is 912 g/mol. The van der Waals surface area contributed by atoms with Crippen molar-refractivity contribution in [3.8, 4) is 0 Å². The van der Waals surface area contributed by atoms with Crippen LogP contribution in [0.1, 0.15) is 0 Å². The lowest BCUT2D eigenvalue weighted by Crippen LogP contribution is -1.47. The predicted octanol–water partition coefficient (Wildman–Crippen LogP) is 13.6. The fraction of sp³-hybridized carbons (Fsp3) is 0.